The Morgan fingerprint density at radius 3 is 1.72 bits per heavy atom. The summed E-state index contributed by atoms with van der Waals surface area (Å²) in [5.41, 5.74) is 0. The first-order chi connectivity index (χ1) is 8.61. The minimum absolute atomic E-state index is 0.878. The van der Waals surface area contributed by atoms with Crippen molar-refractivity contribution in [3.05, 3.63) is 0 Å². The molecule has 0 aliphatic carbocycles. The zero-order chi connectivity index (χ0) is 13.8. The standard InChI is InChI=1S/C18H38/c1-6-8-10-13-17(5)14-11-9-12-15-18(7-2)16(3)4/h16-18H,6-15H2,1-5H3. The van der Waals surface area contributed by atoms with Gasteiger partial charge in [-0.3, -0.25) is 0 Å². The fraction of sp³-hybridized carbons (Fsp3) is 1.00. The van der Waals surface area contributed by atoms with Gasteiger partial charge in [0, 0.05) is 0 Å². The van der Waals surface area contributed by atoms with E-state index in [1.54, 1.807) is 0 Å². The van der Waals surface area contributed by atoms with Crippen LogP contribution < -0.4 is 0 Å². The highest BCUT2D eigenvalue weighted by Crippen LogP contribution is 2.23. The highest BCUT2D eigenvalue weighted by Gasteiger charge is 2.10. The normalized spacial score (nSPS) is 15.0. The molecule has 0 spiro atoms. The zero-order valence-electron chi connectivity index (χ0n) is 13.8. The van der Waals surface area contributed by atoms with Gasteiger partial charge >= 0.3 is 0 Å². The van der Waals surface area contributed by atoms with Crippen molar-refractivity contribution >= 4 is 0 Å². The van der Waals surface area contributed by atoms with E-state index in [4.69, 9.17) is 0 Å². The van der Waals surface area contributed by atoms with E-state index in [9.17, 15) is 0 Å². The van der Waals surface area contributed by atoms with Crippen LogP contribution in [0.4, 0.5) is 0 Å². The van der Waals surface area contributed by atoms with E-state index in [-0.39, 0.29) is 0 Å². The zero-order valence-corrected chi connectivity index (χ0v) is 13.8. The van der Waals surface area contributed by atoms with Crippen LogP contribution in [-0.2, 0) is 0 Å². The quantitative estimate of drug-likeness (QED) is 0.335. The van der Waals surface area contributed by atoms with Crippen molar-refractivity contribution in [2.75, 3.05) is 0 Å². The molecule has 0 rings (SSSR count). The number of unbranched alkanes of at least 4 members (excludes halogenated alkanes) is 4. The van der Waals surface area contributed by atoms with Crippen LogP contribution in [0.25, 0.3) is 0 Å². The summed E-state index contributed by atoms with van der Waals surface area (Å²) in [6.45, 7) is 11.8. The summed E-state index contributed by atoms with van der Waals surface area (Å²) in [6.07, 6.45) is 14.4. The molecule has 0 nitrogen and oxygen atoms in total. The first-order valence-electron chi connectivity index (χ1n) is 8.61. The Morgan fingerprint density at radius 2 is 1.22 bits per heavy atom. The van der Waals surface area contributed by atoms with Crippen molar-refractivity contribution in [1.29, 1.82) is 0 Å². The molecule has 0 saturated carbocycles. The fourth-order valence-electron chi connectivity index (χ4n) is 2.97. The van der Waals surface area contributed by atoms with Crippen LogP contribution in [0.2, 0.25) is 0 Å². The van der Waals surface area contributed by atoms with Gasteiger partial charge in [0.05, 0.1) is 0 Å². The lowest BCUT2D eigenvalue weighted by molar-refractivity contribution is 0.332. The van der Waals surface area contributed by atoms with E-state index in [0.29, 0.717) is 0 Å². The molecule has 0 N–H and O–H groups in total. The SMILES string of the molecule is CCCCCC(C)CCCCCC(CC)C(C)C. The Hall–Kier alpha value is 0. The number of hydrogen-bond acceptors (Lipinski definition) is 0. The summed E-state index contributed by atoms with van der Waals surface area (Å²) < 4.78 is 0. The summed E-state index contributed by atoms with van der Waals surface area (Å²) >= 11 is 0. The van der Waals surface area contributed by atoms with Crippen molar-refractivity contribution in [2.45, 2.75) is 98.8 Å². The molecule has 0 aliphatic heterocycles. The Bertz CT molecular complexity index is 159. The molecule has 0 heteroatoms. The smallest absolute Gasteiger partial charge is 0.0394 e. The minimum Gasteiger partial charge on any atom is -0.0654 e. The Balaban J connectivity index is 3.38. The summed E-state index contributed by atoms with van der Waals surface area (Å²) in [6, 6.07) is 0. The molecule has 0 saturated heterocycles. The van der Waals surface area contributed by atoms with Crippen LogP contribution in [-0.4, -0.2) is 0 Å². The third kappa shape index (κ3) is 9.97. The lowest BCUT2D eigenvalue weighted by atomic mass is 9.87. The van der Waals surface area contributed by atoms with Crippen LogP contribution in [0, 0.1) is 17.8 Å². The van der Waals surface area contributed by atoms with Gasteiger partial charge in [0.25, 0.3) is 0 Å². The lowest BCUT2D eigenvalue weighted by Gasteiger charge is -2.18. The Kier molecular flexibility index (Phi) is 12.1. The van der Waals surface area contributed by atoms with E-state index in [1.165, 1.54) is 64.2 Å². The highest BCUT2D eigenvalue weighted by atomic mass is 14.2. The summed E-state index contributed by atoms with van der Waals surface area (Å²) in [5.74, 6) is 2.80. The topological polar surface area (TPSA) is 0 Å². The molecule has 0 fully saturated rings. The van der Waals surface area contributed by atoms with E-state index in [1.807, 2.05) is 0 Å². The number of hydrogen-bond donors (Lipinski definition) is 0. The molecule has 0 aromatic carbocycles. The molecule has 0 heterocycles. The third-order valence-corrected chi connectivity index (χ3v) is 4.54. The van der Waals surface area contributed by atoms with Crippen molar-refractivity contribution < 1.29 is 0 Å². The molecular formula is C18H38. The minimum atomic E-state index is 0.878. The predicted molar refractivity (Wildman–Crippen MR) is 85.0 cm³/mol. The lowest BCUT2D eigenvalue weighted by Crippen LogP contribution is -2.07. The van der Waals surface area contributed by atoms with Gasteiger partial charge in [-0.25, -0.2) is 0 Å². The predicted octanol–water partition coefficient (Wildman–Crippen LogP) is 6.84. The van der Waals surface area contributed by atoms with E-state index < -0.39 is 0 Å². The van der Waals surface area contributed by atoms with Gasteiger partial charge in [-0.05, 0) is 17.8 Å². The van der Waals surface area contributed by atoms with Crippen molar-refractivity contribution in [1.82, 2.24) is 0 Å². The van der Waals surface area contributed by atoms with Crippen molar-refractivity contribution in [2.24, 2.45) is 17.8 Å². The molecular weight excluding hydrogens is 216 g/mol. The van der Waals surface area contributed by atoms with Crippen LogP contribution in [0.1, 0.15) is 98.8 Å². The molecule has 0 amide bonds. The first kappa shape index (κ1) is 18.0. The van der Waals surface area contributed by atoms with Crippen molar-refractivity contribution in [3.8, 4) is 0 Å². The molecule has 0 aromatic heterocycles. The second-order valence-corrected chi connectivity index (χ2v) is 6.65. The molecule has 0 bridgehead atoms. The summed E-state index contributed by atoms with van der Waals surface area (Å²) in [5, 5.41) is 0. The molecule has 0 radical (unpaired) electrons. The van der Waals surface area contributed by atoms with Gasteiger partial charge in [0.1, 0.15) is 0 Å². The van der Waals surface area contributed by atoms with Gasteiger partial charge in [0.15, 0.2) is 0 Å². The third-order valence-electron chi connectivity index (χ3n) is 4.54. The van der Waals surface area contributed by atoms with Gasteiger partial charge in [0.2, 0.25) is 0 Å². The summed E-state index contributed by atoms with van der Waals surface area (Å²) in [4.78, 5) is 0. The maximum atomic E-state index is 2.44. The van der Waals surface area contributed by atoms with Crippen LogP contribution >= 0.6 is 0 Å². The monoisotopic (exact) mass is 254 g/mol. The second kappa shape index (κ2) is 12.1. The highest BCUT2D eigenvalue weighted by molar-refractivity contribution is 4.62. The summed E-state index contributed by atoms with van der Waals surface area (Å²) in [7, 11) is 0. The Morgan fingerprint density at radius 1 is 0.667 bits per heavy atom. The molecule has 0 aliphatic rings. The van der Waals surface area contributed by atoms with Gasteiger partial charge in [-0.2, -0.15) is 0 Å². The fourth-order valence-corrected chi connectivity index (χ4v) is 2.97. The van der Waals surface area contributed by atoms with Gasteiger partial charge in [-0.15, -0.1) is 0 Å². The maximum Gasteiger partial charge on any atom is -0.0394 e. The van der Waals surface area contributed by atoms with Crippen LogP contribution in [0.5, 0.6) is 0 Å². The van der Waals surface area contributed by atoms with Crippen molar-refractivity contribution in [3.63, 3.8) is 0 Å². The average Bonchev–Trinajstić information content (AvgIpc) is 2.33. The van der Waals surface area contributed by atoms with E-state index in [0.717, 1.165) is 17.8 Å². The number of rotatable bonds is 12. The average molecular weight is 255 g/mol. The van der Waals surface area contributed by atoms with E-state index in [2.05, 4.69) is 34.6 Å². The molecule has 18 heavy (non-hydrogen) atoms. The largest absolute Gasteiger partial charge is 0.0654 e. The molecule has 0 aromatic rings. The molecule has 2 atom stereocenters. The van der Waals surface area contributed by atoms with Crippen LogP contribution in [0.3, 0.4) is 0 Å². The second-order valence-electron chi connectivity index (χ2n) is 6.65. The molecule has 2 unspecified atom stereocenters. The van der Waals surface area contributed by atoms with Crippen LogP contribution in [0.15, 0.2) is 0 Å². The molecule has 110 valence electrons. The Labute approximate surface area is 117 Å². The van der Waals surface area contributed by atoms with E-state index >= 15 is 0 Å². The van der Waals surface area contributed by atoms with Gasteiger partial charge < -0.3 is 0 Å². The maximum absolute atomic E-state index is 2.44. The first-order valence-corrected chi connectivity index (χ1v) is 8.61. The van der Waals surface area contributed by atoms with Gasteiger partial charge in [-0.1, -0.05) is 98.8 Å².